The Morgan fingerprint density at radius 2 is 2.00 bits per heavy atom. The molecule has 0 aliphatic carbocycles. The maximum Gasteiger partial charge on any atom is 0.250 e. The van der Waals surface area contributed by atoms with Gasteiger partial charge in [0.1, 0.15) is 12.1 Å². The summed E-state index contributed by atoms with van der Waals surface area (Å²) >= 11 is 5.56. The molecule has 1 aromatic carbocycles. The maximum absolute atomic E-state index is 12.7. The van der Waals surface area contributed by atoms with Gasteiger partial charge in [0.25, 0.3) is 5.91 Å². The van der Waals surface area contributed by atoms with E-state index in [1.165, 1.54) is 5.54 Å². The SMILES string of the molecule is CCCC1C(=O)NC(c2ccccc2)C(=O)N1C/C=C/Cl. The molecule has 1 heterocycles. The second-order valence-electron chi connectivity index (χ2n) is 5.01. The first kappa shape index (κ1) is 15.6. The second-order valence-corrected chi connectivity index (χ2v) is 5.26. The highest BCUT2D eigenvalue weighted by Crippen LogP contribution is 2.24. The molecule has 1 N–H and O–H groups in total. The summed E-state index contributed by atoms with van der Waals surface area (Å²) in [4.78, 5) is 26.6. The van der Waals surface area contributed by atoms with E-state index in [-0.39, 0.29) is 11.8 Å². The number of amides is 2. The average Bonchev–Trinajstić information content (AvgIpc) is 2.51. The molecule has 5 heteroatoms. The Morgan fingerprint density at radius 3 is 2.62 bits per heavy atom. The third kappa shape index (κ3) is 3.45. The second kappa shape index (κ2) is 7.27. The molecule has 2 amide bonds. The van der Waals surface area contributed by atoms with E-state index in [0.717, 1.165) is 12.0 Å². The van der Waals surface area contributed by atoms with E-state index < -0.39 is 12.1 Å². The van der Waals surface area contributed by atoms with Gasteiger partial charge in [-0.25, -0.2) is 0 Å². The van der Waals surface area contributed by atoms with E-state index in [4.69, 9.17) is 11.6 Å². The fraction of sp³-hybridized carbons (Fsp3) is 0.375. The lowest BCUT2D eigenvalue weighted by atomic mass is 9.98. The number of benzene rings is 1. The average molecular weight is 307 g/mol. The molecule has 1 aromatic rings. The summed E-state index contributed by atoms with van der Waals surface area (Å²) in [6.45, 7) is 2.35. The van der Waals surface area contributed by atoms with Crippen LogP contribution in [0.2, 0.25) is 0 Å². The van der Waals surface area contributed by atoms with Crippen molar-refractivity contribution < 1.29 is 9.59 Å². The van der Waals surface area contributed by atoms with Gasteiger partial charge in [-0.1, -0.05) is 61.4 Å². The fourth-order valence-electron chi connectivity index (χ4n) is 2.56. The predicted octanol–water partition coefficient (Wildman–Crippen LogP) is 2.61. The summed E-state index contributed by atoms with van der Waals surface area (Å²) in [6, 6.07) is 8.25. The summed E-state index contributed by atoms with van der Waals surface area (Å²) < 4.78 is 0. The molecular weight excluding hydrogens is 288 g/mol. The van der Waals surface area contributed by atoms with Crippen LogP contribution in [0.5, 0.6) is 0 Å². The van der Waals surface area contributed by atoms with Crippen LogP contribution in [0.1, 0.15) is 31.4 Å². The van der Waals surface area contributed by atoms with Crippen molar-refractivity contribution in [2.75, 3.05) is 6.54 Å². The molecule has 0 bridgehead atoms. The number of nitrogens with one attached hydrogen (secondary N) is 1. The van der Waals surface area contributed by atoms with Gasteiger partial charge in [0.2, 0.25) is 5.91 Å². The lowest BCUT2D eigenvalue weighted by molar-refractivity contribution is -0.149. The minimum Gasteiger partial charge on any atom is -0.339 e. The maximum atomic E-state index is 12.7. The number of halogens is 1. The van der Waals surface area contributed by atoms with Gasteiger partial charge < -0.3 is 10.2 Å². The van der Waals surface area contributed by atoms with Crippen LogP contribution < -0.4 is 5.32 Å². The molecule has 0 aromatic heterocycles. The molecule has 4 nitrogen and oxygen atoms in total. The molecule has 1 aliphatic rings. The van der Waals surface area contributed by atoms with E-state index in [1.54, 1.807) is 11.0 Å². The standard InChI is InChI=1S/C16H19ClN2O2/c1-2-7-13-15(20)18-14(12-8-4-3-5-9-12)16(21)19(13)11-6-10-17/h3-6,8-10,13-14H,2,7,11H2,1H3,(H,18,20)/b10-6+. The Hall–Kier alpha value is -1.81. The molecule has 1 aliphatic heterocycles. The smallest absolute Gasteiger partial charge is 0.250 e. The number of rotatable bonds is 5. The number of piperazine rings is 1. The van der Waals surface area contributed by atoms with Gasteiger partial charge in [0.05, 0.1) is 0 Å². The van der Waals surface area contributed by atoms with Crippen LogP contribution in [0.15, 0.2) is 41.9 Å². The molecule has 1 saturated heterocycles. The number of carbonyl (C=O) groups excluding carboxylic acids is 2. The van der Waals surface area contributed by atoms with Crippen molar-refractivity contribution in [2.24, 2.45) is 0 Å². The zero-order valence-electron chi connectivity index (χ0n) is 12.0. The highest BCUT2D eigenvalue weighted by molar-refractivity contribution is 6.25. The third-order valence-electron chi connectivity index (χ3n) is 3.58. The van der Waals surface area contributed by atoms with Crippen LogP contribution in [0, 0.1) is 0 Å². The summed E-state index contributed by atoms with van der Waals surface area (Å²) in [7, 11) is 0. The minimum absolute atomic E-state index is 0.0889. The molecule has 2 rings (SSSR count). The zero-order chi connectivity index (χ0) is 15.2. The number of carbonyl (C=O) groups is 2. The van der Waals surface area contributed by atoms with Crippen molar-refractivity contribution in [2.45, 2.75) is 31.8 Å². The topological polar surface area (TPSA) is 49.4 Å². The first-order valence-corrected chi connectivity index (χ1v) is 7.53. The van der Waals surface area contributed by atoms with Gasteiger partial charge in [-0.15, -0.1) is 0 Å². The Bertz CT molecular complexity index is 530. The summed E-state index contributed by atoms with van der Waals surface area (Å²) in [5, 5.41) is 2.84. The first-order valence-electron chi connectivity index (χ1n) is 7.10. The molecule has 0 spiro atoms. The molecule has 0 saturated carbocycles. The van der Waals surface area contributed by atoms with Crippen molar-refractivity contribution in [1.29, 1.82) is 0 Å². The van der Waals surface area contributed by atoms with Crippen LogP contribution in [0.3, 0.4) is 0 Å². The van der Waals surface area contributed by atoms with Crippen LogP contribution in [-0.2, 0) is 9.59 Å². The third-order valence-corrected chi connectivity index (χ3v) is 3.76. The lowest BCUT2D eigenvalue weighted by Crippen LogP contribution is -2.59. The van der Waals surface area contributed by atoms with E-state index in [1.807, 2.05) is 37.3 Å². The summed E-state index contributed by atoms with van der Waals surface area (Å²) in [6.07, 6.45) is 3.17. The van der Waals surface area contributed by atoms with Gasteiger partial charge >= 0.3 is 0 Å². The van der Waals surface area contributed by atoms with Gasteiger partial charge in [0.15, 0.2) is 0 Å². The Morgan fingerprint density at radius 1 is 1.29 bits per heavy atom. The summed E-state index contributed by atoms with van der Waals surface area (Å²) in [5.74, 6) is -0.192. The Kier molecular flexibility index (Phi) is 5.39. The van der Waals surface area contributed by atoms with Crippen molar-refractivity contribution in [3.8, 4) is 0 Å². The molecule has 2 unspecified atom stereocenters. The lowest BCUT2D eigenvalue weighted by Gasteiger charge is -2.38. The van der Waals surface area contributed by atoms with Crippen LogP contribution in [0.25, 0.3) is 0 Å². The predicted molar refractivity (Wildman–Crippen MR) is 82.7 cm³/mol. The first-order chi connectivity index (χ1) is 10.2. The van der Waals surface area contributed by atoms with Crippen LogP contribution >= 0.6 is 11.6 Å². The minimum atomic E-state index is -0.615. The number of hydrogen-bond donors (Lipinski definition) is 1. The number of nitrogens with zero attached hydrogens (tertiary/aromatic N) is 1. The van der Waals surface area contributed by atoms with Gasteiger partial charge in [-0.05, 0) is 12.0 Å². The van der Waals surface area contributed by atoms with E-state index >= 15 is 0 Å². The normalized spacial score (nSPS) is 22.7. The van der Waals surface area contributed by atoms with Gasteiger partial charge in [0, 0.05) is 12.1 Å². The Balaban J connectivity index is 2.28. The molecule has 21 heavy (non-hydrogen) atoms. The molecule has 0 radical (unpaired) electrons. The number of hydrogen-bond acceptors (Lipinski definition) is 2. The van der Waals surface area contributed by atoms with Crippen LogP contribution in [-0.4, -0.2) is 29.3 Å². The van der Waals surface area contributed by atoms with E-state index in [9.17, 15) is 9.59 Å². The fourth-order valence-corrected chi connectivity index (χ4v) is 2.64. The zero-order valence-corrected chi connectivity index (χ0v) is 12.7. The van der Waals surface area contributed by atoms with Gasteiger partial charge in [-0.2, -0.15) is 0 Å². The van der Waals surface area contributed by atoms with E-state index in [2.05, 4.69) is 5.32 Å². The van der Waals surface area contributed by atoms with Gasteiger partial charge in [-0.3, -0.25) is 9.59 Å². The molecule has 112 valence electrons. The van der Waals surface area contributed by atoms with Crippen molar-refractivity contribution in [3.05, 3.63) is 47.5 Å². The van der Waals surface area contributed by atoms with Crippen molar-refractivity contribution in [3.63, 3.8) is 0 Å². The Labute approximate surface area is 129 Å². The van der Waals surface area contributed by atoms with Crippen molar-refractivity contribution >= 4 is 23.4 Å². The summed E-state index contributed by atoms with van der Waals surface area (Å²) in [5.41, 5.74) is 2.17. The highest BCUT2D eigenvalue weighted by atomic mass is 35.5. The molecule has 1 fully saturated rings. The van der Waals surface area contributed by atoms with Crippen LogP contribution in [0.4, 0.5) is 0 Å². The van der Waals surface area contributed by atoms with E-state index in [0.29, 0.717) is 13.0 Å². The molecular formula is C16H19ClN2O2. The largest absolute Gasteiger partial charge is 0.339 e. The highest BCUT2D eigenvalue weighted by Gasteiger charge is 2.39. The molecule has 2 atom stereocenters. The monoisotopic (exact) mass is 306 g/mol. The quantitative estimate of drug-likeness (QED) is 0.909. The van der Waals surface area contributed by atoms with Crippen molar-refractivity contribution in [1.82, 2.24) is 10.2 Å².